The van der Waals surface area contributed by atoms with Crippen molar-refractivity contribution in [2.75, 3.05) is 23.8 Å². The Balaban J connectivity index is 2.28. The van der Waals surface area contributed by atoms with Crippen LogP contribution in [0.1, 0.15) is 6.92 Å². The summed E-state index contributed by atoms with van der Waals surface area (Å²) >= 11 is 0. The highest BCUT2D eigenvalue weighted by Crippen LogP contribution is 2.19. The van der Waals surface area contributed by atoms with Crippen molar-refractivity contribution in [3.05, 3.63) is 24.4 Å². The topological polar surface area (TPSA) is 124 Å². The molecule has 0 aliphatic carbocycles. The van der Waals surface area contributed by atoms with E-state index < -0.39 is 19.9 Å². The molecule has 0 saturated heterocycles. The quantitative estimate of drug-likeness (QED) is 0.744. The van der Waals surface area contributed by atoms with E-state index in [2.05, 4.69) is 9.71 Å². The van der Waals surface area contributed by atoms with Crippen molar-refractivity contribution in [2.45, 2.75) is 11.9 Å². The second-order valence-corrected chi connectivity index (χ2v) is 8.52. The maximum absolute atomic E-state index is 12.3. The lowest BCUT2D eigenvalue weighted by molar-refractivity contribution is 0.577. The molecule has 0 saturated carbocycles. The zero-order chi connectivity index (χ0) is 15.7. The number of sulfone groups is 1. The number of nitrogens with two attached hydrogens (primary N) is 1. The average molecular weight is 332 g/mol. The molecule has 0 aromatic carbocycles. The Morgan fingerprint density at radius 2 is 2.00 bits per heavy atom. The van der Waals surface area contributed by atoms with Crippen molar-refractivity contribution >= 4 is 31.3 Å². The van der Waals surface area contributed by atoms with E-state index in [1.54, 1.807) is 18.2 Å². The molecule has 0 amide bonds. The predicted octanol–water partition coefficient (Wildman–Crippen LogP) is -0.370. The van der Waals surface area contributed by atoms with Gasteiger partial charge in [0, 0.05) is 18.5 Å². The second kappa shape index (κ2) is 5.62. The van der Waals surface area contributed by atoms with Gasteiger partial charge in [-0.25, -0.2) is 26.5 Å². The predicted molar refractivity (Wildman–Crippen MR) is 79.1 cm³/mol. The first-order chi connectivity index (χ1) is 9.77. The van der Waals surface area contributed by atoms with Crippen LogP contribution in [0.5, 0.6) is 0 Å². The van der Waals surface area contributed by atoms with E-state index in [1.165, 1.54) is 17.5 Å². The molecule has 3 N–H and O–H groups in total. The fourth-order valence-corrected chi connectivity index (χ4v) is 3.88. The van der Waals surface area contributed by atoms with Gasteiger partial charge in [-0.15, -0.1) is 0 Å². The van der Waals surface area contributed by atoms with Gasteiger partial charge in [0.1, 0.15) is 5.65 Å². The van der Waals surface area contributed by atoms with Crippen LogP contribution >= 0.6 is 0 Å². The van der Waals surface area contributed by atoms with Crippen LogP contribution in [0.3, 0.4) is 0 Å². The van der Waals surface area contributed by atoms with Crippen LogP contribution < -0.4 is 10.5 Å². The van der Waals surface area contributed by atoms with E-state index in [1.807, 2.05) is 0 Å². The van der Waals surface area contributed by atoms with Gasteiger partial charge in [0.15, 0.2) is 20.7 Å². The highest BCUT2D eigenvalue weighted by atomic mass is 32.2. The summed E-state index contributed by atoms with van der Waals surface area (Å²) in [7, 11) is -7.19. The number of sulfonamides is 1. The number of hydrogen-bond donors (Lipinski definition) is 2. The summed E-state index contributed by atoms with van der Waals surface area (Å²) in [6.45, 7) is 1.30. The molecule has 2 rings (SSSR count). The van der Waals surface area contributed by atoms with E-state index in [4.69, 9.17) is 5.73 Å². The Bertz CT molecular complexity index is 855. The average Bonchev–Trinajstić information content (AvgIpc) is 2.74. The maximum atomic E-state index is 12.3. The lowest BCUT2D eigenvalue weighted by Gasteiger charge is -2.07. The molecular formula is C11H16N4O4S2. The molecule has 21 heavy (non-hydrogen) atoms. The molecule has 116 valence electrons. The number of hydrogen-bond acceptors (Lipinski definition) is 6. The largest absolute Gasteiger partial charge is 0.381 e. The Hall–Kier alpha value is -1.65. The monoisotopic (exact) mass is 332 g/mol. The van der Waals surface area contributed by atoms with E-state index in [9.17, 15) is 16.8 Å². The van der Waals surface area contributed by atoms with Crippen molar-refractivity contribution in [3.8, 4) is 0 Å². The summed E-state index contributed by atoms with van der Waals surface area (Å²) in [6, 6.07) is 4.98. The Morgan fingerprint density at radius 3 is 2.67 bits per heavy atom. The van der Waals surface area contributed by atoms with Gasteiger partial charge in [0.25, 0.3) is 10.0 Å². The van der Waals surface area contributed by atoms with Crippen LogP contribution in [0.4, 0.5) is 5.82 Å². The number of anilines is 1. The molecule has 2 aromatic heterocycles. The summed E-state index contributed by atoms with van der Waals surface area (Å²) in [6.07, 6.45) is 1.52. The van der Waals surface area contributed by atoms with E-state index in [-0.39, 0.29) is 28.9 Å². The molecular weight excluding hydrogens is 316 g/mol. The minimum absolute atomic E-state index is 0.0352. The summed E-state index contributed by atoms with van der Waals surface area (Å²) in [5, 5.41) is -0.188. The number of pyridine rings is 1. The van der Waals surface area contributed by atoms with Gasteiger partial charge >= 0.3 is 0 Å². The summed E-state index contributed by atoms with van der Waals surface area (Å²) in [5.74, 6) is -0.432. The molecule has 2 heterocycles. The third kappa shape index (κ3) is 3.34. The van der Waals surface area contributed by atoms with Gasteiger partial charge in [-0.05, 0) is 12.1 Å². The standard InChI is InChI=1S/C11H16N4O4S2/c1-2-20(16,17)8-6-13-21(18,19)11-10(12)14-9-5-3-4-7-15(9)11/h3-5,7,13H,2,6,8,12H2,1H3. The van der Waals surface area contributed by atoms with Gasteiger partial charge < -0.3 is 5.73 Å². The smallest absolute Gasteiger partial charge is 0.260 e. The molecule has 0 fully saturated rings. The van der Waals surface area contributed by atoms with Crippen molar-refractivity contribution in [2.24, 2.45) is 0 Å². The van der Waals surface area contributed by atoms with Gasteiger partial charge in [-0.2, -0.15) is 0 Å². The Kier molecular flexibility index (Phi) is 4.21. The molecule has 0 bridgehead atoms. The molecule has 2 aromatic rings. The van der Waals surface area contributed by atoms with Gasteiger partial charge in [-0.3, -0.25) is 4.40 Å². The molecule has 0 aliphatic rings. The highest BCUT2D eigenvalue weighted by Gasteiger charge is 2.23. The number of rotatable bonds is 6. The summed E-state index contributed by atoms with van der Waals surface area (Å²) in [5.41, 5.74) is 6.05. The maximum Gasteiger partial charge on any atom is 0.260 e. The Morgan fingerprint density at radius 1 is 1.29 bits per heavy atom. The van der Waals surface area contributed by atoms with Crippen LogP contribution in [0.25, 0.3) is 5.65 Å². The number of nitrogen functional groups attached to an aromatic ring is 1. The van der Waals surface area contributed by atoms with Gasteiger partial charge in [0.2, 0.25) is 0 Å². The molecule has 0 atom stereocenters. The van der Waals surface area contributed by atoms with Crippen LogP contribution in [0.2, 0.25) is 0 Å². The van der Waals surface area contributed by atoms with Crippen molar-refractivity contribution < 1.29 is 16.8 Å². The van der Waals surface area contributed by atoms with Crippen molar-refractivity contribution in [1.29, 1.82) is 0 Å². The number of aromatic nitrogens is 2. The molecule has 10 heteroatoms. The van der Waals surface area contributed by atoms with E-state index in [0.717, 1.165) is 0 Å². The fraction of sp³-hybridized carbons (Fsp3) is 0.364. The van der Waals surface area contributed by atoms with Crippen LogP contribution in [-0.4, -0.2) is 44.3 Å². The molecule has 8 nitrogen and oxygen atoms in total. The third-order valence-corrected chi connectivity index (χ3v) is 6.12. The number of nitrogens with one attached hydrogen (secondary N) is 1. The van der Waals surface area contributed by atoms with Crippen LogP contribution in [0.15, 0.2) is 29.4 Å². The first-order valence-corrected chi connectivity index (χ1v) is 9.50. The van der Waals surface area contributed by atoms with Gasteiger partial charge in [-0.1, -0.05) is 13.0 Å². The van der Waals surface area contributed by atoms with Crippen LogP contribution in [0, 0.1) is 0 Å². The first kappa shape index (κ1) is 15.7. The molecule has 0 unspecified atom stereocenters. The normalized spacial score (nSPS) is 12.8. The summed E-state index contributed by atoms with van der Waals surface area (Å²) in [4.78, 5) is 3.96. The lowest BCUT2D eigenvalue weighted by Crippen LogP contribution is -2.31. The lowest BCUT2D eigenvalue weighted by atomic mass is 10.5. The highest BCUT2D eigenvalue weighted by molar-refractivity contribution is 7.91. The zero-order valence-electron chi connectivity index (χ0n) is 11.4. The Labute approximate surface area is 123 Å². The van der Waals surface area contributed by atoms with E-state index >= 15 is 0 Å². The third-order valence-electron chi connectivity index (χ3n) is 2.91. The minimum Gasteiger partial charge on any atom is -0.381 e. The number of fused-ring (bicyclic) bond motifs is 1. The van der Waals surface area contributed by atoms with Crippen molar-refractivity contribution in [1.82, 2.24) is 14.1 Å². The second-order valence-electron chi connectivity index (χ2n) is 4.37. The number of nitrogens with zero attached hydrogens (tertiary/aromatic N) is 2. The SMILES string of the molecule is CCS(=O)(=O)CCNS(=O)(=O)c1c(N)nc2ccccn12. The van der Waals surface area contributed by atoms with Crippen molar-refractivity contribution in [3.63, 3.8) is 0 Å². The number of imidazole rings is 1. The van der Waals surface area contributed by atoms with Crippen LogP contribution in [-0.2, 0) is 19.9 Å². The van der Waals surface area contributed by atoms with E-state index in [0.29, 0.717) is 5.65 Å². The van der Waals surface area contributed by atoms with Gasteiger partial charge in [0.05, 0.1) is 5.75 Å². The zero-order valence-corrected chi connectivity index (χ0v) is 13.0. The minimum atomic E-state index is -3.94. The first-order valence-electron chi connectivity index (χ1n) is 6.19. The molecule has 0 aliphatic heterocycles. The summed E-state index contributed by atoms with van der Waals surface area (Å²) < 4.78 is 50.8. The molecule has 0 spiro atoms. The molecule has 0 radical (unpaired) electrons. The fourth-order valence-electron chi connectivity index (χ4n) is 1.80.